The molecule has 6 heteroatoms. The van der Waals surface area contributed by atoms with E-state index in [-0.39, 0.29) is 11.1 Å². The Morgan fingerprint density at radius 3 is 2.28 bits per heavy atom. The molecule has 0 saturated heterocycles. The maximum Gasteiger partial charge on any atom is 0.331 e. The van der Waals surface area contributed by atoms with Gasteiger partial charge in [-0.2, -0.15) is 0 Å². The van der Waals surface area contributed by atoms with E-state index >= 15 is 0 Å². The highest BCUT2D eigenvalue weighted by Gasteiger charge is 2.21. The third kappa shape index (κ3) is 4.57. The Kier molecular flexibility index (Phi) is 4.88. The number of amides is 3. The first-order valence-electron chi connectivity index (χ1n) is 5.91. The van der Waals surface area contributed by atoms with Crippen LogP contribution in [-0.2, 0) is 9.59 Å². The summed E-state index contributed by atoms with van der Waals surface area (Å²) in [6.45, 7) is 3.23. The number of aliphatic carboxylic acids is 1. The van der Waals surface area contributed by atoms with Gasteiger partial charge in [-0.05, 0) is 26.2 Å². The maximum absolute atomic E-state index is 11.5. The summed E-state index contributed by atoms with van der Waals surface area (Å²) in [5.41, 5.74) is -0.0434. The number of rotatable bonds is 5. The van der Waals surface area contributed by atoms with Gasteiger partial charge in [0.25, 0.3) is 5.91 Å². The van der Waals surface area contributed by atoms with Crippen molar-refractivity contribution in [2.24, 2.45) is 5.92 Å². The van der Waals surface area contributed by atoms with E-state index in [1.165, 1.54) is 26.7 Å². The second-order valence-corrected chi connectivity index (χ2v) is 4.50. The highest BCUT2D eigenvalue weighted by atomic mass is 16.4. The summed E-state index contributed by atoms with van der Waals surface area (Å²) < 4.78 is 0. The summed E-state index contributed by atoms with van der Waals surface area (Å²) in [6.07, 6.45) is 3.34. The van der Waals surface area contributed by atoms with E-state index in [1.54, 1.807) is 0 Å². The molecule has 0 unspecified atom stereocenters. The summed E-state index contributed by atoms with van der Waals surface area (Å²) in [4.78, 5) is 33.5. The lowest BCUT2D eigenvalue weighted by molar-refractivity contribution is -0.133. The molecular formula is C12H18N2O4. The molecule has 0 atom stereocenters. The average molecular weight is 254 g/mol. The van der Waals surface area contributed by atoms with E-state index in [1.807, 2.05) is 0 Å². The molecule has 0 heterocycles. The molecule has 0 aliphatic heterocycles. The Morgan fingerprint density at radius 2 is 1.78 bits per heavy atom. The van der Waals surface area contributed by atoms with Gasteiger partial charge >= 0.3 is 12.0 Å². The van der Waals surface area contributed by atoms with Crippen LogP contribution in [0.25, 0.3) is 0 Å². The van der Waals surface area contributed by atoms with Gasteiger partial charge in [0.1, 0.15) is 0 Å². The fraction of sp³-hybridized carbons (Fsp3) is 0.583. The second-order valence-electron chi connectivity index (χ2n) is 4.50. The van der Waals surface area contributed by atoms with Crippen molar-refractivity contribution in [3.8, 4) is 0 Å². The van der Waals surface area contributed by atoms with Crippen LogP contribution in [0.5, 0.6) is 0 Å². The first kappa shape index (κ1) is 14.2. The molecule has 100 valence electrons. The summed E-state index contributed by atoms with van der Waals surface area (Å²) >= 11 is 0. The monoisotopic (exact) mass is 254 g/mol. The van der Waals surface area contributed by atoms with Crippen molar-refractivity contribution in [3.63, 3.8) is 0 Å². The lowest BCUT2D eigenvalue weighted by Gasteiger charge is -2.07. The Morgan fingerprint density at radius 1 is 1.17 bits per heavy atom. The molecule has 1 fully saturated rings. The van der Waals surface area contributed by atoms with Crippen molar-refractivity contribution in [1.29, 1.82) is 0 Å². The molecule has 0 bridgehead atoms. The standard InChI is InChI=1S/C12H18N2O4/c1-7(8(2)11(16)17)10(15)14-12(18)13-6-5-9-3-4-9/h9H,3-6H2,1-2H3,(H,16,17)(H2,13,14,15,18). The van der Waals surface area contributed by atoms with Crippen LogP contribution in [0.15, 0.2) is 11.1 Å². The zero-order valence-corrected chi connectivity index (χ0v) is 10.6. The van der Waals surface area contributed by atoms with Gasteiger partial charge in [0.15, 0.2) is 0 Å². The molecule has 3 N–H and O–H groups in total. The van der Waals surface area contributed by atoms with Gasteiger partial charge < -0.3 is 10.4 Å². The second kappa shape index (κ2) is 6.18. The number of carboxylic acid groups (broad SMARTS) is 1. The zero-order chi connectivity index (χ0) is 13.7. The van der Waals surface area contributed by atoms with Crippen LogP contribution < -0.4 is 10.6 Å². The Bertz CT molecular complexity index is 397. The van der Waals surface area contributed by atoms with E-state index < -0.39 is 17.9 Å². The molecule has 0 aromatic carbocycles. The topological polar surface area (TPSA) is 95.5 Å². The van der Waals surface area contributed by atoms with Crippen molar-refractivity contribution in [2.45, 2.75) is 33.1 Å². The third-order valence-corrected chi connectivity index (χ3v) is 2.99. The lowest BCUT2D eigenvalue weighted by atomic mass is 10.1. The summed E-state index contributed by atoms with van der Waals surface area (Å²) in [5, 5.41) is 13.4. The zero-order valence-electron chi connectivity index (χ0n) is 10.6. The van der Waals surface area contributed by atoms with Gasteiger partial charge in [-0.25, -0.2) is 9.59 Å². The SMILES string of the molecule is CC(C(=O)O)=C(C)C(=O)NC(=O)NCCC1CC1. The fourth-order valence-corrected chi connectivity index (χ4v) is 1.37. The predicted molar refractivity (Wildman–Crippen MR) is 64.9 cm³/mol. The van der Waals surface area contributed by atoms with Gasteiger partial charge in [0, 0.05) is 17.7 Å². The first-order chi connectivity index (χ1) is 8.41. The highest BCUT2D eigenvalue weighted by molar-refractivity contribution is 6.07. The van der Waals surface area contributed by atoms with Crippen LogP contribution in [0, 0.1) is 5.92 Å². The van der Waals surface area contributed by atoms with Crippen molar-refractivity contribution >= 4 is 17.9 Å². The number of carboxylic acids is 1. The molecule has 1 rings (SSSR count). The van der Waals surface area contributed by atoms with Gasteiger partial charge in [-0.15, -0.1) is 0 Å². The van der Waals surface area contributed by atoms with Crippen molar-refractivity contribution in [2.75, 3.05) is 6.54 Å². The van der Waals surface area contributed by atoms with Gasteiger partial charge in [0.2, 0.25) is 0 Å². The molecule has 3 amide bonds. The average Bonchev–Trinajstić information content (AvgIpc) is 3.10. The van der Waals surface area contributed by atoms with Crippen LogP contribution >= 0.6 is 0 Å². The molecule has 1 aliphatic carbocycles. The van der Waals surface area contributed by atoms with E-state index in [0.717, 1.165) is 6.42 Å². The molecule has 0 spiro atoms. The highest BCUT2D eigenvalue weighted by Crippen LogP contribution is 2.31. The normalized spacial score (nSPS) is 15.7. The Balaban J connectivity index is 2.35. The van der Waals surface area contributed by atoms with Crippen LogP contribution in [-0.4, -0.2) is 29.6 Å². The molecule has 1 saturated carbocycles. The van der Waals surface area contributed by atoms with Crippen molar-refractivity contribution in [3.05, 3.63) is 11.1 Å². The summed E-state index contributed by atoms with van der Waals surface area (Å²) in [6, 6.07) is -0.585. The molecule has 0 radical (unpaired) electrons. The Labute approximate surface area is 105 Å². The number of urea groups is 1. The fourth-order valence-electron chi connectivity index (χ4n) is 1.37. The van der Waals surface area contributed by atoms with Gasteiger partial charge in [0.05, 0.1) is 0 Å². The number of hydrogen-bond donors (Lipinski definition) is 3. The molecule has 6 nitrogen and oxygen atoms in total. The summed E-state index contributed by atoms with van der Waals surface area (Å²) in [5.74, 6) is -1.15. The summed E-state index contributed by atoms with van der Waals surface area (Å²) in [7, 11) is 0. The molecule has 1 aliphatic rings. The van der Waals surface area contributed by atoms with Crippen LogP contribution in [0.1, 0.15) is 33.1 Å². The quantitative estimate of drug-likeness (QED) is 0.638. The van der Waals surface area contributed by atoms with E-state index in [4.69, 9.17) is 5.11 Å². The predicted octanol–water partition coefficient (Wildman–Crippen LogP) is 1.03. The van der Waals surface area contributed by atoms with E-state index in [9.17, 15) is 14.4 Å². The number of nitrogens with one attached hydrogen (secondary N) is 2. The lowest BCUT2D eigenvalue weighted by Crippen LogP contribution is -2.40. The van der Waals surface area contributed by atoms with E-state index in [2.05, 4.69) is 10.6 Å². The molecular weight excluding hydrogens is 236 g/mol. The minimum Gasteiger partial charge on any atom is -0.478 e. The van der Waals surface area contributed by atoms with E-state index in [0.29, 0.717) is 12.5 Å². The minimum atomic E-state index is -1.17. The van der Waals surface area contributed by atoms with Crippen LogP contribution in [0.3, 0.4) is 0 Å². The maximum atomic E-state index is 11.5. The van der Waals surface area contributed by atoms with Crippen LogP contribution in [0.2, 0.25) is 0 Å². The minimum absolute atomic E-state index is 0.0276. The molecule has 0 aromatic heterocycles. The number of carbonyl (C=O) groups excluding carboxylic acids is 2. The smallest absolute Gasteiger partial charge is 0.331 e. The molecule has 0 aromatic rings. The van der Waals surface area contributed by atoms with Crippen molar-refractivity contribution in [1.82, 2.24) is 10.6 Å². The Hall–Kier alpha value is -1.85. The van der Waals surface area contributed by atoms with Crippen molar-refractivity contribution < 1.29 is 19.5 Å². The number of carbonyl (C=O) groups is 3. The van der Waals surface area contributed by atoms with Gasteiger partial charge in [-0.3, -0.25) is 10.1 Å². The largest absolute Gasteiger partial charge is 0.478 e. The first-order valence-corrected chi connectivity index (χ1v) is 5.91. The van der Waals surface area contributed by atoms with Gasteiger partial charge in [-0.1, -0.05) is 12.8 Å². The third-order valence-electron chi connectivity index (χ3n) is 2.99. The number of hydrogen-bond acceptors (Lipinski definition) is 3. The van der Waals surface area contributed by atoms with Crippen LogP contribution in [0.4, 0.5) is 4.79 Å². The number of imide groups is 1. The molecule has 18 heavy (non-hydrogen) atoms.